The molecule has 2 N–H and O–H groups in total. The SMILES string of the molecule is COc1cccc(CNS(=O)(=O)NC(=O)N2CCN(C)CC2)c1. The van der Waals surface area contributed by atoms with E-state index in [1.807, 2.05) is 11.8 Å². The van der Waals surface area contributed by atoms with E-state index in [-0.39, 0.29) is 6.54 Å². The lowest BCUT2D eigenvalue weighted by Gasteiger charge is -2.32. The fourth-order valence-corrected chi connectivity index (χ4v) is 2.97. The van der Waals surface area contributed by atoms with Crippen LogP contribution in [0.15, 0.2) is 24.3 Å². The van der Waals surface area contributed by atoms with Gasteiger partial charge in [-0.2, -0.15) is 13.1 Å². The van der Waals surface area contributed by atoms with Crippen LogP contribution < -0.4 is 14.2 Å². The van der Waals surface area contributed by atoms with Gasteiger partial charge in [0.25, 0.3) is 0 Å². The zero-order valence-electron chi connectivity index (χ0n) is 13.3. The Kier molecular flexibility index (Phi) is 5.80. The van der Waals surface area contributed by atoms with Crippen molar-refractivity contribution in [3.63, 3.8) is 0 Å². The van der Waals surface area contributed by atoms with Gasteiger partial charge in [-0.3, -0.25) is 0 Å². The number of hydrogen-bond acceptors (Lipinski definition) is 5. The third-order valence-corrected chi connectivity index (χ3v) is 4.58. The van der Waals surface area contributed by atoms with Crippen LogP contribution in [0.3, 0.4) is 0 Å². The molecular weight excluding hydrogens is 320 g/mol. The molecule has 1 heterocycles. The van der Waals surface area contributed by atoms with Crippen molar-refractivity contribution >= 4 is 16.2 Å². The second kappa shape index (κ2) is 7.62. The predicted octanol–water partition coefficient (Wildman–Crippen LogP) is -0.0134. The Labute approximate surface area is 136 Å². The molecule has 1 fully saturated rings. The molecule has 1 aromatic carbocycles. The average molecular weight is 342 g/mol. The second-order valence-electron chi connectivity index (χ2n) is 5.37. The Bertz CT molecular complexity index is 642. The predicted molar refractivity (Wildman–Crippen MR) is 86.4 cm³/mol. The summed E-state index contributed by atoms with van der Waals surface area (Å²) in [5.74, 6) is 0.642. The van der Waals surface area contributed by atoms with Crippen molar-refractivity contribution in [2.24, 2.45) is 0 Å². The Morgan fingerprint density at radius 3 is 2.61 bits per heavy atom. The van der Waals surface area contributed by atoms with Crippen LogP contribution in [0, 0.1) is 0 Å². The largest absolute Gasteiger partial charge is 0.497 e. The third-order valence-electron chi connectivity index (χ3n) is 3.61. The van der Waals surface area contributed by atoms with E-state index in [0.717, 1.165) is 18.7 Å². The zero-order valence-corrected chi connectivity index (χ0v) is 14.1. The monoisotopic (exact) mass is 342 g/mol. The van der Waals surface area contributed by atoms with Crippen LogP contribution >= 0.6 is 0 Å². The first-order valence-electron chi connectivity index (χ1n) is 7.27. The summed E-state index contributed by atoms with van der Waals surface area (Å²) >= 11 is 0. The van der Waals surface area contributed by atoms with Gasteiger partial charge in [-0.05, 0) is 24.7 Å². The van der Waals surface area contributed by atoms with Crippen molar-refractivity contribution in [3.05, 3.63) is 29.8 Å². The molecule has 0 atom stereocenters. The van der Waals surface area contributed by atoms with Crippen molar-refractivity contribution in [2.45, 2.75) is 6.54 Å². The number of nitrogens with one attached hydrogen (secondary N) is 2. The molecule has 1 aliphatic heterocycles. The standard InChI is InChI=1S/C14H22N4O4S/c1-17-6-8-18(9-7-17)14(19)16-23(20,21)15-11-12-4-3-5-13(10-12)22-2/h3-5,10,15H,6-9,11H2,1-2H3,(H,16,19). The summed E-state index contributed by atoms with van der Waals surface area (Å²) in [6, 6.07) is 6.44. The highest BCUT2D eigenvalue weighted by Gasteiger charge is 2.22. The number of carbonyl (C=O) groups is 1. The molecule has 1 aromatic rings. The quantitative estimate of drug-likeness (QED) is 0.785. The maximum Gasteiger partial charge on any atom is 0.332 e. The molecule has 8 nitrogen and oxygen atoms in total. The number of amides is 2. The molecule has 128 valence electrons. The highest BCUT2D eigenvalue weighted by Crippen LogP contribution is 2.12. The van der Waals surface area contributed by atoms with Gasteiger partial charge in [0.05, 0.1) is 7.11 Å². The number of benzene rings is 1. The van der Waals surface area contributed by atoms with Gasteiger partial charge < -0.3 is 14.5 Å². The van der Waals surface area contributed by atoms with E-state index in [0.29, 0.717) is 18.8 Å². The smallest absolute Gasteiger partial charge is 0.332 e. The number of nitrogens with zero attached hydrogens (tertiary/aromatic N) is 2. The summed E-state index contributed by atoms with van der Waals surface area (Å²) in [5, 5.41) is 0. The first-order valence-corrected chi connectivity index (χ1v) is 8.76. The molecule has 0 bridgehead atoms. The maximum absolute atomic E-state index is 12.0. The lowest BCUT2D eigenvalue weighted by molar-refractivity contribution is 0.158. The highest BCUT2D eigenvalue weighted by molar-refractivity contribution is 7.88. The van der Waals surface area contributed by atoms with Crippen LogP contribution in [0.2, 0.25) is 0 Å². The first-order chi connectivity index (χ1) is 10.9. The van der Waals surface area contributed by atoms with Crippen molar-refractivity contribution in [3.8, 4) is 5.75 Å². The fourth-order valence-electron chi connectivity index (χ4n) is 2.19. The van der Waals surface area contributed by atoms with Crippen LogP contribution in [-0.4, -0.2) is 64.6 Å². The molecule has 23 heavy (non-hydrogen) atoms. The number of ether oxygens (including phenoxy) is 1. The minimum atomic E-state index is -3.91. The van der Waals surface area contributed by atoms with E-state index in [2.05, 4.69) is 9.62 Å². The average Bonchev–Trinajstić information content (AvgIpc) is 2.53. The summed E-state index contributed by atoms with van der Waals surface area (Å²) in [6.07, 6.45) is 0. The van der Waals surface area contributed by atoms with Gasteiger partial charge in [0.2, 0.25) is 0 Å². The van der Waals surface area contributed by atoms with Gasteiger partial charge >= 0.3 is 16.2 Å². The third kappa shape index (κ3) is 5.38. The molecule has 0 aliphatic carbocycles. The summed E-state index contributed by atoms with van der Waals surface area (Å²) in [6.45, 7) is 2.54. The first kappa shape index (κ1) is 17.5. The Morgan fingerprint density at radius 1 is 1.26 bits per heavy atom. The minimum absolute atomic E-state index is 0.0720. The summed E-state index contributed by atoms with van der Waals surface area (Å²) in [7, 11) is -0.406. The number of likely N-dealkylation sites (N-methyl/N-ethyl adjacent to an activating group) is 1. The van der Waals surface area contributed by atoms with E-state index in [4.69, 9.17) is 4.74 Å². The molecule has 0 aromatic heterocycles. The minimum Gasteiger partial charge on any atom is -0.497 e. The van der Waals surface area contributed by atoms with Crippen LogP contribution in [0.25, 0.3) is 0 Å². The topological polar surface area (TPSA) is 91.0 Å². The molecule has 0 unspecified atom stereocenters. The van der Waals surface area contributed by atoms with E-state index in [1.165, 1.54) is 4.90 Å². The van der Waals surface area contributed by atoms with Crippen molar-refractivity contribution < 1.29 is 17.9 Å². The van der Waals surface area contributed by atoms with Gasteiger partial charge in [0.1, 0.15) is 5.75 Å². The van der Waals surface area contributed by atoms with Crippen molar-refractivity contribution in [1.29, 1.82) is 0 Å². The molecule has 1 aliphatic rings. The molecule has 9 heteroatoms. The maximum atomic E-state index is 12.0. The van der Waals surface area contributed by atoms with Gasteiger partial charge in [-0.15, -0.1) is 0 Å². The van der Waals surface area contributed by atoms with Gasteiger partial charge in [0.15, 0.2) is 0 Å². The van der Waals surface area contributed by atoms with Crippen molar-refractivity contribution in [1.82, 2.24) is 19.2 Å². The van der Waals surface area contributed by atoms with E-state index < -0.39 is 16.2 Å². The number of methoxy groups -OCH3 is 1. The van der Waals surface area contributed by atoms with Gasteiger partial charge in [-0.1, -0.05) is 12.1 Å². The number of hydrogen-bond donors (Lipinski definition) is 2. The second-order valence-corrected chi connectivity index (χ2v) is 6.87. The number of urea groups is 1. The Balaban J connectivity index is 1.87. The highest BCUT2D eigenvalue weighted by atomic mass is 32.2. The Morgan fingerprint density at radius 2 is 1.96 bits per heavy atom. The molecular formula is C14H22N4O4S. The van der Waals surface area contributed by atoms with Gasteiger partial charge in [-0.25, -0.2) is 9.52 Å². The Hall–Kier alpha value is -1.84. The molecule has 2 amide bonds. The summed E-state index contributed by atoms with van der Waals surface area (Å²) in [4.78, 5) is 15.6. The fraction of sp³-hybridized carbons (Fsp3) is 0.500. The van der Waals surface area contributed by atoms with Gasteiger partial charge in [0, 0.05) is 32.7 Å². The zero-order chi connectivity index (χ0) is 16.9. The molecule has 0 radical (unpaired) electrons. The molecule has 2 rings (SSSR count). The van der Waals surface area contributed by atoms with E-state index in [9.17, 15) is 13.2 Å². The summed E-state index contributed by atoms with van der Waals surface area (Å²) < 4.78 is 33.4. The van der Waals surface area contributed by atoms with Crippen LogP contribution in [-0.2, 0) is 16.8 Å². The number of rotatable bonds is 5. The normalized spacial score (nSPS) is 16.2. The van der Waals surface area contributed by atoms with Crippen molar-refractivity contribution in [2.75, 3.05) is 40.3 Å². The summed E-state index contributed by atoms with van der Waals surface area (Å²) in [5.41, 5.74) is 0.738. The van der Waals surface area contributed by atoms with Crippen LogP contribution in [0.4, 0.5) is 4.79 Å². The molecule has 0 spiro atoms. The molecule has 1 saturated heterocycles. The van der Waals surface area contributed by atoms with E-state index in [1.54, 1.807) is 31.4 Å². The van der Waals surface area contributed by atoms with Crippen LogP contribution in [0.5, 0.6) is 5.75 Å². The number of carbonyl (C=O) groups excluding carboxylic acids is 1. The van der Waals surface area contributed by atoms with Crippen LogP contribution in [0.1, 0.15) is 5.56 Å². The van der Waals surface area contributed by atoms with E-state index >= 15 is 0 Å². The molecule has 0 saturated carbocycles. The lowest BCUT2D eigenvalue weighted by Crippen LogP contribution is -2.53. The number of piperazine rings is 1. The lowest BCUT2D eigenvalue weighted by atomic mass is 10.2.